The highest BCUT2D eigenvalue weighted by molar-refractivity contribution is 5.91. The minimum absolute atomic E-state index is 0.0872. The van der Waals surface area contributed by atoms with Gasteiger partial charge in [0.2, 0.25) is 0 Å². The molecule has 28 heavy (non-hydrogen) atoms. The molecule has 0 aliphatic carbocycles. The number of benzene rings is 1. The van der Waals surface area contributed by atoms with Crippen molar-refractivity contribution in [2.24, 2.45) is 0 Å². The highest BCUT2D eigenvalue weighted by Crippen LogP contribution is 2.28. The molecule has 0 saturated heterocycles. The molecule has 11 nitrogen and oxygen atoms in total. The molecule has 148 valence electrons. The van der Waals surface area contributed by atoms with E-state index >= 15 is 0 Å². The van der Waals surface area contributed by atoms with Crippen LogP contribution in [0.3, 0.4) is 0 Å². The maximum absolute atomic E-state index is 11.9. The van der Waals surface area contributed by atoms with Crippen LogP contribution in [0.15, 0.2) is 18.2 Å². The molecule has 0 unspecified atom stereocenters. The van der Waals surface area contributed by atoms with Gasteiger partial charge in [0.25, 0.3) is 5.69 Å². The van der Waals surface area contributed by atoms with Gasteiger partial charge >= 0.3 is 6.03 Å². The van der Waals surface area contributed by atoms with E-state index < -0.39 is 11.0 Å². The first kappa shape index (κ1) is 20.5. The van der Waals surface area contributed by atoms with Crippen molar-refractivity contribution in [3.63, 3.8) is 0 Å². The number of carbonyl (C=O) groups is 1. The van der Waals surface area contributed by atoms with Crippen LogP contribution in [0.25, 0.3) is 0 Å². The van der Waals surface area contributed by atoms with Gasteiger partial charge in [-0.15, -0.1) is 0 Å². The summed E-state index contributed by atoms with van der Waals surface area (Å²) in [4.78, 5) is 22.5. The van der Waals surface area contributed by atoms with E-state index in [-0.39, 0.29) is 17.2 Å². The quantitative estimate of drug-likeness (QED) is 0.290. The summed E-state index contributed by atoms with van der Waals surface area (Å²) >= 11 is 0. The van der Waals surface area contributed by atoms with Crippen LogP contribution in [-0.4, -0.2) is 34.8 Å². The maximum Gasteiger partial charge on any atom is 0.319 e. The number of H-pyrrole nitrogens is 1. The van der Waals surface area contributed by atoms with Gasteiger partial charge in [-0.1, -0.05) is 6.42 Å². The lowest BCUT2D eigenvalue weighted by molar-refractivity contribution is -0.384. The number of nitriles is 1. The summed E-state index contributed by atoms with van der Waals surface area (Å²) < 4.78 is 4.95. The summed E-state index contributed by atoms with van der Waals surface area (Å²) in [5, 5.41) is 31.8. The number of nitro groups is 1. The van der Waals surface area contributed by atoms with Gasteiger partial charge in [-0.05, 0) is 31.4 Å². The minimum atomic E-state index is -0.587. The molecule has 0 aliphatic rings. The van der Waals surface area contributed by atoms with Crippen molar-refractivity contribution >= 4 is 23.2 Å². The first-order chi connectivity index (χ1) is 13.5. The fourth-order valence-corrected chi connectivity index (χ4v) is 2.57. The third-order valence-corrected chi connectivity index (χ3v) is 4.02. The number of nitro benzene ring substituents is 1. The molecule has 0 aliphatic heterocycles. The Labute approximate surface area is 161 Å². The summed E-state index contributed by atoms with van der Waals surface area (Å²) in [5.41, 5.74) is 6.50. The number of nitrogens with one attached hydrogen (secondary N) is 3. The van der Waals surface area contributed by atoms with Gasteiger partial charge in [0, 0.05) is 6.54 Å². The number of aromatic nitrogens is 2. The van der Waals surface area contributed by atoms with Crippen LogP contribution in [0.1, 0.15) is 30.5 Å². The van der Waals surface area contributed by atoms with E-state index in [1.54, 1.807) is 0 Å². The topological polar surface area (TPSA) is 172 Å². The van der Waals surface area contributed by atoms with Gasteiger partial charge in [-0.25, -0.2) is 4.79 Å². The van der Waals surface area contributed by atoms with Gasteiger partial charge in [0.05, 0.1) is 23.8 Å². The number of methoxy groups -OCH3 is 1. The van der Waals surface area contributed by atoms with Crippen molar-refractivity contribution < 1.29 is 14.5 Å². The van der Waals surface area contributed by atoms with Crippen molar-refractivity contribution in [2.75, 3.05) is 24.7 Å². The Hall–Kier alpha value is -3.81. The lowest BCUT2D eigenvalue weighted by Crippen LogP contribution is -2.29. The fourth-order valence-electron chi connectivity index (χ4n) is 2.57. The third-order valence-electron chi connectivity index (χ3n) is 4.02. The van der Waals surface area contributed by atoms with E-state index in [1.807, 2.05) is 6.07 Å². The number of carbonyl (C=O) groups excluding carboxylic acids is 1. The van der Waals surface area contributed by atoms with Gasteiger partial charge in [0.1, 0.15) is 23.1 Å². The van der Waals surface area contributed by atoms with Crippen LogP contribution in [0.4, 0.5) is 22.0 Å². The summed E-state index contributed by atoms with van der Waals surface area (Å²) in [6.45, 7) is 0.409. The Bertz CT molecular complexity index is 888. The molecule has 11 heteroatoms. The zero-order chi connectivity index (χ0) is 20.5. The zero-order valence-corrected chi connectivity index (χ0v) is 15.3. The lowest BCUT2D eigenvalue weighted by Gasteiger charge is -2.09. The van der Waals surface area contributed by atoms with E-state index in [0.29, 0.717) is 36.4 Å². The summed E-state index contributed by atoms with van der Waals surface area (Å²) in [6.07, 6.45) is 2.96. The lowest BCUT2D eigenvalue weighted by atomic mass is 10.1. The van der Waals surface area contributed by atoms with Crippen molar-refractivity contribution in [2.45, 2.75) is 25.7 Å². The van der Waals surface area contributed by atoms with E-state index in [4.69, 9.17) is 15.7 Å². The van der Waals surface area contributed by atoms with E-state index in [1.165, 1.54) is 25.3 Å². The number of hydrogen-bond acceptors (Lipinski definition) is 7. The predicted molar refractivity (Wildman–Crippen MR) is 102 cm³/mol. The zero-order valence-electron chi connectivity index (χ0n) is 15.3. The number of aromatic amines is 1. The Kier molecular flexibility index (Phi) is 7.15. The molecule has 2 rings (SSSR count). The number of ether oxygens (including phenoxy) is 1. The van der Waals surface area contributed by atoms with Crippen LogP contribution in [-0.2, 0) is 6.42 Å². The molecule has 1 heterocycles. The number of anilines is 2. The summed E-state index contributed by atoms with van der Waals surface area (Å²) in [6, 6.07) is 5.67. The number of hydrogen-bond donors (Lipinski definition) is 4. The highest BCUT2D eigenvalue weighted by atomic mass is 16.6. The molecule has 0 spiro atoms. The first-order valence-electron chi connectivity index (χ1n) is 8.56. The third kappa shape index (κ3) is 5.34. The normalized spacial score (nSPS) is 10.1. The number of unbranched alkanes of at least 4 members (excludes halogenated alkanes) is 2. The van der Waals surface area contributed by atoms with Crippen molar-refractivity contribution in [1.29, 1.82) is 5.26 Å². The van der Waals surface area contributed by atoms with Gasteiger partial charge in [0.15, 0.2) is 5.82 Å². The molecule has 1 aromatic carbocycles. The molecule has 0 radical (unpaired) electrons. The van der Waals surface area contributed by atoms with Gasteiger partial charge < -0.3 is 21.1 Å². The standard InChI is InChI=1S/C17H21N7O4/c1-28-11-6-7-14(15(9-11)24(26)27)21-17(25)20-8-4-2-3-5-13-12(10-18)16(19)23-22-13/h6-7,9H,2-5,8H2,1H3,(H3,19,22,23)(H2,20,21,25). The fraction of sp³-hybridized carbons (Fsp3) is 0.353. The average molecular weight is 387 g/mol. The largest absolute Gasteiger partial charge is 0.496 e. The number of nitrogen functional groups attached to an aromatic ring is 1. The highest BCUT2D eigenvalue weighted by Gasteiger charge is 2.17. The minimum Gasteiger partial charge on any atom is -0.496 e. The second-order valence-electron chi connectivity index (χ2n) is 5.91. The number of nitrogens with zero attached hydrogens (tertiary/aromatic N) is 3. The number of aryl methyl sites for hydroxylation is 1. The predicted octanol–water partition coefficient (Wildman–Crippen LogP) is 2.31. The Morgan fingerprint density at radius 2 is 2.21 bits per heavy atom. The molecule has 2 amide bonds. The monoisotopic (exact) mass is 387 g/mol. The molecular weight excluding hydrogens is 366 g/mol. The molecule has 1 aromatic heterocycles. The Morgan fingerprint density at radius 1 is 1.43 bits per heavy atom. The van der Waals surface area contributed by atoms with E-state index in [2.05, 4.69) is 20.8 Å². The van der Waals surface area contributed by atoms with Crippen LogP contribution in [0.2, 0.25) is 0 Å². The number of nitrogens with two attached hydrogens (primary N) is 1. The smallest absolute Gasteiger partial charge is 0.319 e. The van der Waals surface area contributed by atoms with Crippen molar-refractivity contribution in [3.8, 4) is 11.8 Å². The summed E-state index contributed by atoms with van der Waals surface area (Å²) in [5.74, 6) is 0.528. The number of rotatable bonds is 9. The molecule has 5 N–H and O–H groups in total. The van der Waals surface area contributed by atoms with E-state index in [9.17, 15) is 14.9 Å². The van der Waals surface area contributed by atoms with Crippen LogP contribution < -0.4 is 21.1 Å². The molecule has 0 bridgehead atoms. The van der Waals surface area contributed by atoms with Gasteiger partial charge in [-0.2, -0.15) is 10.4 Å². The van der Waals surface area contributed by atoms with Crippen LogP contribution in [0.5, 0.6) is 5.75 Å². The van der Waals surface area contributed by atoms with Crippen molar-refractivity contribution in [1.82, 2.24) is 15.5 Å². The SMILES string of the molecule is COc1ccc(NC(=O)NCCCCCc2[nH]nc(N)c2C#N)c([N+](=O)[O-])c1. The first-order valence-corrected chi connectivity index (χ1v) is 8.56. The average Bonchev–Trinajstić information content (AvgIpc) is 3.04. The van der Waals surface area contributed by atoms with E-state index in [0.717, 1.165) is 12.8 Å². The molecule has 0 saturated carbocycles. The molecule has 0 fully saturated rings. The Balaban J connectivity index is 1.73. The van der Waals surface area contributed by atoms with Crippen LogP contribution >= 0.6 is 0 Å². The number of urea groups is 1. The molecule has 2 aromatic rings. The maximum atomic E-state index is 11.9. The number of amides is 2. The Morgan fingerprint density at radius 3 is 2.89 bits per heavy atom. The van der Waals surface area contributed by atoms with Crippen LogP contribution in [0, 0.1) is 21.4 Å². The summed E-state index contributed by atoms with van der Waals surface area (Å²) in [7, 11) is 1.40. The second kappa shape index (κ2) is 9.77. The van der Waals surface area contributed by atoms with Gasteiger partial charge in [-0.3, -0.25) is 15.2 Å². The second-order valence-corrected chi connectivity index (χ2v) is 5.91. The molecular formula is C17H21N7O4. The molecule has 0 atom stereocenters. The van der Waals surface area contributed by atoms with Crippen molar-refractivity contribution in [3.05, 3.63) is 39.6 Å².